The topological polar surface area (TPSA) is 37.8 Å². The maximum atomic E-state index is 12.9. The number of pyridine rings is 2. The molecule has 0 spiro atoms. The van der Waals surface area contributed by atoms with Crippen molar-refractivity contribution in [1.82, 2.24) is 9.97 Å². The standard InChI is InChI=1S/C15H14Cl2F3N3/c1-9(6-10-4-2-3-5-21-10)8-22-12-7-11(15(18,19)20)13(16)14(17)23-12/h2-5,7,9H,6,8H2,1H3,(H,22,23). The monoisotopic (exact) mass is 363 g/mol. The first-order chi connectivity index (χ1) is 10.8. The van der Waals surface area contributed by atoms with Crippen LogP contribution in [0.4, 0.5) is 19.0 Å². The molecule has 0 radical (unpaired) electrons. The summed E-state index contributed by atoms with van der Waals surface area (Å²) in [5, 5.41) is 1.90. The molecule has 0 aliphatic carbocycles. The minimum Gasteiger partial charge on any atom is -0.370 e. The molecule has 0 aliphatic heterocycles. The van der Waals surface area contributed by atoms with E-state index in [1.54, 1.807) is 6.20 Å². The van der Waals surface area contributed by atoms with Crippen molar-refractivity contribution in [2.24, 2.45) is 5.92 Å². The van der Waals surface area contributed by atoms with Crippen molar-refractivity contribution < 1.29 is 13.2 Å². The summed E-state index contributed by atoms with van der Waals surface area (Å²) >= 11 is 11.2. The molecule has 2 rings (SSSR count). The fourth-order valence-electron chi connectivity index (χ4n) is 2.02. The summed E-state index contributed by atoms with van der Waals surface area (Å²) in [7, 11) is 0. The quantitative estimate of drug-likeness (QED) is 0.751. The summed E-state index contributed by atoms with van der Waals surface area (Å²) in [6.07, 6.45) is -2.19. The third-order valence-corrected chi connectivity index (χ3v) is 3.89. The van der Waals surface area contributed by atoms with Gasteiger partial charge in [-0.25, -0.2) is 4.98 Å². The maximum Gasteiger partial charge on any atom is 0.418 e. The van der Waals surface area contributed by atoms with Crippen molar-refractivity contribution >= 4 is 29.0 Å². The van der Waals surface area contributed by atoms with E-state index in [-0.39, 0.29) is 16.9 Å². The van der Waals surface area contributed by atoms with Crippen molar-refractivity contribution in [3.05, 3.63) is 51.9 Å². The largest absolute Gasteiger partial charge is 0.418 e. The lowest BCUT2D eigenvalue weighted by Gasteiger charge is -2.15. The fourth-order valence-corrected chi connectivity index (χ4v) is 2.42. The number of halogens is 5. The van der Waals surface area contributed by atoms with Crippen molar-refractivity contribution in [3.8, 4) is 0 Å². The molecule has 2 aromatic heterocycles. The third kappa shape index (κ3) is 4.97. The van der Waals surface area contributed by atoms with E-state index >= 15 is 0 Å². The molecule has 2 aromatic rings. The van der Waals surface area contributed by atoms with E-state index in [1.165, 1.54) is 0 Å². The van der Waals surface area contributed by atoms with E-state index in [9.17, 15) is 13.2 Å². The zero-order valence-corrected chi connectivity index (χ0v) is 13.7. The fraction of sp³-hybridized carbons (Fsp3) is 0.333. The Morgan fingerprint density at radius 1 is 1.26 bits per heavy atom. The predicted octanol–water partition coefficient (Wildman–Crippen LogP) is 5.09. The van der Waals surface area contributed by atoms with Gasteiger partial charge in [0.2, 0.25) is 0 Å². The highest BCUT2D eigenvalue weighted by atomic mass is 35.5. The molecule has 1 unspecified atom stereocenters. The van der Waals surface area contributed by atoms with Crippen LogP contribution in [-0.2, 0) is 12.6 Å². The van der Waals surface area contributed by atoms with Gasteiger partial charge >= 0.3 is 6.18 Å². The van der Waals surface area contributed by atoms with Crippen LogP contribution in [0, 0.1) is 5.92 Å². The van der Waals surface area contributed by atoms with Crippen molar-refractivity contribution in [1.29, 1.82) is 0 Å². The summed E-state index contributed by atoms with van der Waals surface area (Å²) in [5.41, 5.74) is -0.0843. The summed E-state index contributed by atoms with van der Waals surface area (Å²) in [6, 6.07) is 6.47. The van der Waals surface area contributed by atoms with Crippen LogP contribution in [0.25, 0.3) is 0 Å². The van der Waals surface area contributed by atoms with Gasteiger partial charge in [-0.15, -0.1) is 0 Å². The average Bonchev–Trinajstić information content (AvgIpc) is 2.48. The van der Waals surface area contributed by atoms with Crippen LogP contribution in [-0.4, -0.2) is 16.5 Å². The zero-order valence-electron chi connectivity index (χ0n) is 12.2. The summed E-state index contributed by atoms with van der Waals surface area (Å²) in [5.74, 6) is 0.190. The van der Waals surface area contributed by atoms with Gasteiger partial charge < -0.3 is 5.32 Å². The number of hydrogen-bond donors (Lipinski definition) is 1. The molecular formula is C15H14Cl2F3N3. The Morgan fingerprint density at radius 2 is 2.00 bits per heavy atom. The summed E-state index contributed by atoms with van der Waals surface area (Å²) in [4.78, 5) is 8.05. The van der Waals surface area contributed by atoms with Gasteiger partial charge in [-0.3, -0.25) is 4.98 Å². The second-order valence-electron chi connectivity index (χ2n) is 5.17. The number of aromatic nitrogens is 2. The lowest BCUT2D eigenvalue weighted by molar-refractivity contribution is -0.137. The van der Waals surface area contributed by atoms with Gasteiger partial charge in [-0.2, -0.15) is 13.2 Å². The molecule has 3 nitrogen and oxygen atoms in total. The normalized spacial score (nSPS) is 13.0. The molecular weight excluding hydrogens is 350 g/mol. The van der Waals surface area contributed by atoms with Crippen LogP contribution in [0.5, 0.6) is 0 Å². The molecule has 0 aromatic carbocycles. The van der Waals surface area contributed by atoms with E-state index in [4.69, 9.17) is 23.2 Å². The van der Waals surface area contributed by atoms with E-state index in [0.29, 0.717) is 13.0 Å². The molecule has 124 valence electrons. The second kappa shape index (κ2) is 7.36. The van der Waals surface area contributed by atoms with Crippen molar-refractivity contribution in [2.45, 2.75) is 19.5 Å². The molecule has 0 saturated carbocycles. The van der Waals surface area contributed by atoms with Crippen LogP contribution < -0.4 is 5.32 Å². The Balaban J connectivity index is 2.04. The molecule has 0 fully saturated rings. The average molecular weight is 364 g/mol. The predicted molar refractivity (Wildman–Crippen MR) is 84.9 cm³/mol. The minimum atomic E-state index is -4.58. The first-order valence-electron chi connectivity index (χ1n) is 6.84. The van der Waals surface area contributed by atoms with Crippen LogP contribution >= 0.6 is 23.2 Å². The minimum absolute atomic E-state index is 0.0413. The smallest absolute Gasteiger partial charge is 0.370 e. The number of nitrogens with zero attached hydrogens (tertiary/aromatic N) is 2. The van der Waals surface area contributed by atoms with E-state index in [1.807, 2.05) is 25.1 Å². The van der Waals surface area contributed by atoms with Gasteiger partial charge in [0.15, 0.2) is 5.15 Å². The number of hydrogen-bond acceptors (Lipinski definition) is 3. The highest BCUT2D eigenvalue weighted by molar-refractivity contribution is 6.41. The zero-order chi connectivity index (χ0) is 17.0. The Morgan fingerprint density at radius 3 is 2.61 bits per heavy atom. The Labute approximate surface area is 141 Å². The van der Waals surface area contributed by atoms with Gasteiger partial charge in [-0.1, -0.05) is 36.2 Å². The van der Waals surface area contributed by atoms with Crippen molar-refractivity contribution in [2.75, 3.05) is 11.9 Å². The van der Waals surface area contributed by atoms with Crippen molar-refractivity contribution in [3.63, 3.8) is 0 Å². The first kappa shape index (κ1) is 17.8. The second-order valence-corrected chi connectivity index (χ2v) is 5.90. The number of alkyl halides is 3. The number of nitrogens with one attached hydrogen (secondary N) is 1. The molecule has 0 saturated heterocycles. The highest BCUT2D eigenvalue weighted by Crippen LogP contribution is 2.38. The Kier molecular flexibility index (Phi) is 5.70. The van der Waals surface area contributed by atoms with Crippen LogP contribution in [0.1, 0.15) is 18.2 Å². The van der Waals surface area contributed by atoms with E-state index in [2.05, 4.69) is 15.3 Å². The molecule has 1 N–H and O–H groups in total. The molecule has 23 heavy (non-hydrogen) atoms. The lowest BCUT2D eigenvalue weighted by Crippen LogP contribution is -2.16. The van der Waals surface area contributed by atoms with E-state index in [0.717, 1.165) is 11.8 Å². The maximum absolute atomic E-state index is 12.9. The lowest BCUT2D eigenvalue weighted by atomic mass is 10.1. The molecule has 1 atom stereocenters. The van der Waals surface area contributed by atoms with Gasteiger partial charge in [0.1, 0.15) is 5.82 Å². The summed E-state index contributed by atoms with van der Waals surface area (Å²) in [6.45, 7) is 2.39. The van der Waals surface area contributed by atoms with Gasteiger partial charge in [0.05, 0.1) is 10.6 Å². The molecule has 0 aliphatic rings. The molecule has 2 heterocycles. The number of rotatable bonds is 5. The molecule has 0 amide bonds. The highest BCUT2D eigenvalue weighted by Gasteiger charge is 2.35. The first-order valence-corrected chi connectivity index (χ1v) is 7.60. The van der Waals surface area contributed by atoms with E-state index < -0.39 is 16.8 Å². The SMILES string of the molecule is CC(CNc1cc(C(F)(F)F)c(Cl)c(Cl)n1)Cc1ccccn1. The molecule has 8 heteroatoms. The van der Waals surface area contributed by atoms with Gasteiger partial charge in [0, 0.05) is 18.4 Å². The van der Waals surface area contributed by atoms with Gasteiger partial charge in [0.25, 0.3) is 0 Å². The van der Waals surface area contributed by atoms with Crippen LogP contribution in [0.2, 0.25) is 10.2 Å². The third-order valence-electron chi connectivity index (χ3n) is 3.14. The molecule has 0 bridgehead atoms. The van der Waals surface area contributed by atoms with Crippen LogP contribution in [0.15, 0.2) is 30.5 Å². The summed E-state index contributed by atoms with van der Waals surface area (Å²) < 4.78 is 38.7. The number of anilines is 1. The Bertz CT molecular complexity index is 663. The van der Waals surface area contributed by atoms with Gasteiger partial charge in [-0.05, 0) is 30.5 Å². The Hall–Kier alpha value is -1.53. The van der Waals surface area contributed by atoms with Crippen LogP contribution in [0.3, 0.4) is 0 Å².